The first-order valence-corrected chi connectivity index (χ1v) is 6.83. The number of aliphatic hydroxyl groups excluding tert-OH is 1. The van der Waals surface area contributed by atoms with Crippen LogP contribution in [0.25, 0.3) is 11.2 Å². The number of hydrogen-bond acceptors (Lipinski definition) is 6. The summed E-state index contributed by atoms with van der Waals surface area (Å²) in [5.74, 6) is 0.104. The Kier molecular flexibility index (Phi) is 3.68. The van der Waals surface area contributed by atoms with E-state index in [4.69, 9.17) is 22.1 Å². The molecule has 21 heavy (non-hydrogen) atoms. The van der Waals surface area contributed by atoms with Gasteiger partial charge in [0.1, 0.15) is 11.6 Å². The van der Waals surface area contributed by atoms with Crippen LogP contribution in [0.1, 0.15) is 19.1 Å². The smallest absolute Gasteiger partial charge is 0.226 e. The minimum Gasteiger partial charge on any atom is -0.387 e. The molecule has 0 spiro atoms. The van der Waals surface area contributed by atoms with Crippen LogP contribution in [0.2, 0.25) is 5.28 Å². The number of rotatable bonds is 3. The van der Waals surface area contributed by atoms with Gasteiger partial charge in [-0.2, -0.15) is 9.97 Å². The Hall–Kier alpha value is -1.51. The molecular weight excluding hydrogens is 301 g/mol. The molecule has 3 rings (SSSR count). The summed E-state index contributed by atoms with van der Waals surface area (Å²) in [4.78, 5) is 11.8. The molecule has 3 heterocycles. The van der Waals surface area contributed by atoms with E-state index in [0.29, 0.717) is 18.4 Å². The first-order valence-electron chi connectivity index (χ1n) is 6.45. The normalized spacial score (nSPS) is 29.3. The molecule has 1 radical (unpaired) electrons. The Labute approximate surface area is 124 Å². The maximum atomic E-state index is 14.3. The van der Waals surface area contributed by atoms with Crippen molar-refractivity contribution in [2.24, 2.45) is 0 Å². The Balaban J connectivity index is 2.01. The zero-order valence-electron chi connectivity index (χ0n) is 11.0. The van der Waals surface area contributed by atoms with Crippen molar-refractivity contribution in [3.8, 4) is 0 Å². The van der Waals surface area contributed by atoms with Crippen LogP contribution in [0.4, 0.5) is 10.2 Å². The molecular formula is C12H14ClFN5O2. The second-order valence-electron chi connectivity index (χ2n) is 4.84. The van der Waals surface area contributed by atoms with Gasteiger partial charge in [0.25, 0.3) is 0 Å². The number of nitrogens with zero attached hydrogens (tertiary/aromatic N) is 4. The fourth-order valence-corrected chi connectivity index (χ4v) is 2.64. The number of ether oxygens (including phenoxy) is 1. The average molecular weight is 315 g/mol. The standard InChI is InChI=1S/C12H14ClFN5O2/c1-2-3-5-8(20)6(14)11(21-5)19-4-16-7-9(15)17-12(13)18-10(7)19/h4-6,8,11,20H,1-3H2,(H2,15,17,18)/t5-,6+,8-,11?/m1/s1. The minimum atomic E-state index is -1.60. The van der Waals surface area contributed by atoms with E-state index in [0.717, 1.165) is 0 Å². The lowest BCUT2D eigenvalue weighted by atomic mass is 10.1. The van der Waals surface area contributed by atoms with E-state index < -0.39 is 24.6 Å². The molecule has 113 valence electrons. The van der Waals surface area contributed by atoms with Gasteiger partial charge >= 0.3 is 0 Å². The number of fused-ring (bicyclic) bond motifs is 1. The molecule has 9 heteroatoms. The van der Waals surface area contributed by atoms with Crippen molar-refractivity contribution < 1.29 is 14.2 Å². The highest BCUT2D eigenvalue weighted by molar-refractivity contribution is 6.28. The van der Waals surface area contributed by atoms with Crippen LogP contribution in [0.3, 0.4) is 0 Å². The molecule has 0 saturated carbocycles. The third kappa shape index (κ3) is 2.33. The third-order valence-electron chi connectivity index (χ3n) is 3.48. The first-order chi connectivity index (χ1) is 10.0. The van der Waals surface area contributed by atoms with E-state index in [2.05, 4.69) is 21.9 Å². The van der Waals surface area contributed by atoms with Crippen LogP contribution < -0.4 is 5.73 Å². The van der Waals surface area contributed by atoms with E-state index in [1.807, 2.05) is 0 Å². The number of hydrogen-bond donors (Lipinski definition) is 2. The molecule has 0 aliphatic carbocycles. The fraction of sp³-hybridized carbons (Fsp3) is 0.500. The van der Waals surface area contributed by atoms with Gasteiger partial charge < -0.3 is 15.6 Å². The van der Waals surface area contributed by atoms with Crippen molar-refractivity contribution in [3.05, 3.63) is 18.5 Å². The van der Waals surface area contributed by atoms with Crippen molar-refractivity contribution in [3.63, 3.8) is 0 Å². The number of aliphatic hydroxyl groups is 1. The zero-order valence-corrected chi connectivity index (χ0v) is 11.7. The molecule has 1 unspecified atom stereocenters. The molecule has 7 nitrogen and oxygen atoms in total. The largest absolute Gasteiger partial charge is 0.387 e. The molecule has 0 amide bonds. The maximum Gasteiger partial charge on any atom is 0.226 e. The highest BCUT2D eigenvalue weighted by Gasteiger charge is 2.45. The average Bonchev–Trinajstić information content (AvgIpc) is 2.96. The van der Waals surface area contributed by atoms with E-state index in [1.165, 1.54) is 10.9 Å². The van der Waals surface area contributed by atoms with Crippen LogP contribution in [0.15, 0.2) is 6.33 Å². The van der Waals surface area contributed by atoms with Gasteiger partial charge in [-0.3, -0.25) is 4.57 Å². The molecule has 3 N–H and O–H groups in total. The molecule has 2 aromatic rings. The summed E-state index contributed by atoms with van der Waals surface area (Å²) in [6.07, 6.45) is -2.13. The van der Waals surface area contributed by atoms with Crippen LogP contribution in [0, 0.1) is 6.92 Å². The number of nitrogens with two attached hydrogens (primary N) is 1. The highest BCUT2D eigenvalue weighted by Crippen LogP contribution is 2.35. The third-order valence-corrected chi connectivity index (χ3v) is 3.65. The number of imidazole rings is 1. The number of nitrogen functional groups attached to an aromatic ring is 1. The number of anilines is 1. The summed E-state index contributed by atoms with van der Waals surface area (Å²) < 4.78 is 21.2. The van der Waals surface area contributed by atoms with Crippen molar-refractivity contribution in [2.45, 2.75) is 37.4 Å². The topological polar surface area (TPSA) is 99.1 Å². The molecule has 0 aromatic carbocycles. The second kappa shape index (κ2) is 5.36. The van der Waals surface area contributed by atoms with Gasteiger partial charge in [0.05, 0.1) is 12.4 Å². The van der Waals surface area contributed by atoms with Crippen LogP contribution in [0.5, 0.6) is 0 Å². The quantitative estimate of drug-likeness (QED) is 0.828. The predicted molar refractivity (Wildman–Crippen MR) is 74.1 cm³/mol. The predicted octanol–water partition coefficient (Wildman–Crippen LogP) is 1.27. The van der Waals surface area contributed by atoms with Crippen molar-refractivity contribution >= 4 is 28.6 Å². The van der Waals surface area contributed by atoms with E-state index in [1.54, 1.807) is 0 Å². The van der Waals surface area contributed by atoms with Gasteiger partial charge in [0.2, 0.25) is 5.28 Å². The second-order valence-corrected chi connectivity index (χ2v) is 5.18. The summed E-state index contributed by atoms with van der Waals surface area (Å²) in [7, 11) is 0. The number of halogens is 2. The fourth-order valence-electron chi connectivity index (χ4n) is 2.46. The summed E-state index contributed by atoms with van der Waals surface area (Å²) >= 11 is 5.77. The molecule has 1 aliphatic heterocycles. The monoisotopic (exact) mass is 314 g/mol. The van der Waals surface area contributed by atoms with Gasteiger partial charge in [-0.1, -0.05) is 13.3 Å². The van der Waals surface area contributed by atoms with Crippen molar-refractivity contribution in [2.75, 3.05) is 5.73 Å². The van der Waals surface area contributed by atoms with Crippen LogP contribution in [-0.2, 0) is 4.74 Å². The lowest BCUT2D eigenvalue weighted by Gasteiger charge is -2.15. The lowest BCUT2D eigenvalue weighted by Crippen LogP contribution is -2.28. The van der Waals surface area contributed by atoms with Gasteiger partial charge in [-0.15, -0.1) is 0 Å². The molecule has 1 fully saturated rings. The maximum absolute atomic E-state index is 14.3. The molecule has 2 aromatic heterocycles. The zero-order chi connectivity index (χ0) is 15.1. The van der Waals surface area contributed by atoms with E-state index >= 15 is 0 Å². The van der Waals surface area contributed by atoms with Gasteiger partial charge in [-0.25, -0.2) is 9.37 Å². The summed E-state index contributed by atoms with van der Waals surface area (Å²) in [5.41, 5.74) is 6.28. The lowest BCUT2D eigenvalue weighted by molar-refractivity contribution is -0.0255. The summed E-state index contributed by atoms with van der Waals surface area (Å²) in [5, 5.41) is 9.83. The first kappa shape index (κ1) is 14.4. The number of alkyl halides is 1. The van der Waals surface area contributed by atoms with Gasteiger partial charge in [-0.05, 0) is 18.0 Å². The Morgan fingerprint density at radius 2 is 2.29 bits per heavy atom. The highest BCUT2D eigenvalue weighted by atomic mass is 35.5. The van der Waals surface area contributed by atoms with E-state index in [9.17, 15) is 9.50 Å². The molecule has 1 saturated heterocycles. The summed E-state index contributed by atoms with van der Waals surface area (Å²) in [6.45, 7) is 3.68. The van der Waals surface area contributed by atoms with Crippen LogP contribution >= 0.6 is 11.6 Å². The van der Waals surface area contributed by atoms with E-state index in [-0.39, 0.29) is 16.7 Å². The van der Waals surface area contributed by atoms with Gasteiger partial charge in [0, 0.05) is 0 Å². The minimum absolute atomic E-state index is 0.0648. The Morgan fingerprint density at radius 3 is 3.00 bits per heavy atom. The van der Waals surface area contributed by atoms with Crippen molar-refractivity contribution in [1.82, 2.24) is 19.5 Å². The molecule has 1 aliphatic rings. The SMILES string of the molecule is [CH2]CC[C@H]1OC(n2cnc3c(N)nc(Cl)nc32)[C@@H](F)[C@@H]1O. The van der Waals surface area contributed by atoms with Gasteiger partial charge in [0.15, 0.2) is 23.9 Å². The van der Waals surface area contributed by atoms with Crippen LogP contribution in [-0.4, -0.2) is 43.0 Å². The van der Waals surface area contributed by atoms with Crippen molar-refractivity contribution in [1.29, 1.82) is 0 Å². The Morgan fingerprint density at radius 1 is 1.52 bits per heavy atom. The Bertz CT molecular complexity index is 666. The summed E-state index contributed by atoms with van der Waals surface area (Å²) in [6, 6.07) is 0. The molecule has 4 atom stereocenters. The molecule has 0 bridgehead atoms. The number of aromatic nitrogens is 4.